The molecule has 0 radical (unpaired) electrons. The van der Waals surface area contributed by atoms with Crippen LogP contribution in [0.15, 0.2) is 41.5 Å². The van der Waals surface area contributed by atoms with Crippen molar-refractivity contribution in [2.75, 3.05) is 26.2 Å². The summed E-state index contributed by atoms with van der Waals surface area (Å²) >= 11 is 0. The predicted octanol–water partition coefficient (Wildman–Crippen LogP) is 1.43. The Morgan fingerprint density at radius 3 is 2.86 bits per heavy atom. The molecule has 2 fully saturated rings. The standard InChI is InChI=1S/C22H28N4O2/c27-21-17(3-4-20-18-10-16(11-24-12-18)14-26(20)21)15-25-8-5-22(28,6-9-25)19-2-1-7-23-13-19/h1-4,7,13,16,18,24,28H,5-6,8-12,14-15H2/t16-,18+/m0/s1. The number of piperidine rings is 2. The fourth-order valence-corrected chi connectivity index (χ4v) is 5.20. The summed E-state index contributed by atoms with van der Waals surface area (Å²) in [6, 6.07) is 8.02. The van der Waals surface area contributed by atoms with E-state index < -0.39 is 5.60 Å². The maximum Gasteiger partial charge on any atom is 0.255 e. The largest absolute Gasteiger partial charge is 0.385 e. The third kappa shape index (κ3) is 3.19. The highest BCUT2D eigenvalue weighted by Gasteiger charge is 2.35. The molecule has 0 spiro atoms. The minimum Gasteiger partial charge on any atom is -0.385 e. The summed E-state index contributed by atoms with van der Waals surface area (Å²) in [6.45, 7) is 5.06. The molecule has 3 aliphatic rings. The van der Waals surface area contributed by atoms with E-state index in [4.69, 9.17) is 0 Å². The summed E-state index contributed by atoms with van der Waals surface area (Å²) < 4.78 is 2.03. The molecule has 2 atom stereocenters. The van der Waals surface area contributed by atoms with E-state index >= 15 is 0 Å². The maximum absolute atomic E-state index is 13.1. The van der Waals surface area contributed by atoms with Crippen LogP contribution in [0.1, 0.15) is 42.0 Å². The van der Waals surface area contributed by atoms with Gasteiger partial charge in [0, 0.05) is 67.9 Å². The number of likely N-dealkylation sites (tertiary alicyclic amines) is 1. The van der Waals surface area contributed by atoms with Crippen molar-refractivity contribution in [2.45, 2.75) is 43.9 Å². The predicted molar refractivity (Wildman–Crippen MR) is 107 cm³/mol. The van der Waals surface area contributed by atoms with E-state index in [-0.39, 0.29) is 5.56 Å². The molecular formula is C22H28N4O2. The number of fused-ring (bicyclic) bond motifs is 4. The second-order valence-corrected chi connectivity index (χ2v) is 8.71. The van der Waals surface area contributed by atoms with Crippen LogP contribution >= 0.6 is 0 Å². The lowest BCUT2D eigenvalue weighted by Crippen LogP contribution is -2.46. The minimum absolute atomic E-state index is 0.183. The monoisotopic (exact) mass is 380 g/mol. The zero-order valence-corrected chi connectivity index (χ0v) is 16.2. The van der Waals surface area contributed by atoms with Crippen molar-refractivity contribution in [3.05, 3.63) is 63.8 Å². The smallest absolute Gasteiger partial charge is 0.255 e. The van der Waals surface area contributed by atoms with Gasteiger partial charge >= 0.3 is 0 Å². The molecule has 2 bridgehead atoms. The molecule has 0 aromatic carbocycles. The fraction of sp³-hybridized carbons (Fsp3) is 0.545. The molecule has 6 nitrogen and oxygen atoms in total. The van der Waals surface area contributed by atoms with Crippen LogP contribution in [-0.4, -0.2) is 45.7 Å². The first-order valence-corrected chi connectivity index (χ1v) is 10.4. The molecule has 2 aromatic heterocycles. The van der Waals surface area contributed by atoms with Gasteiger partial charge in [-0.2, -0.15) is 0 Å². The normalized spacial score (nSPS) is 26.6. The molecular weight excluding hydrogens is 352 g/mol. The van der Waals surface area contributed by atoms with Crippen LogP contribution in [0.4, 0.5) is 0 Å². The Labute approximate surface area is 165 Å². The third-order valence-electron chi connectivity index (χ3n) is 6.86. The summed E-state index contributed by atoms with van der Waals surface area (Å²) in [4.78, 5) is 19.6. The number of aromatic nitrogens is 2. The zero-order chi connectivity index (χ0) is 19.1. The van der Waals surface area contributed by atoms with Crippen molar-refractivity contribution in [2.24, 2.45) is 5.92 Å². The van der Waals surface area contributed by atoms with Crippen LogP contribution in [0.25, 0.3) is 0 Å². The van der Waals surface area contributed by atoms with Crippen LogP contribution in [0, 0.1) is 5.92 Å². The summed E-state index contributed by atoms with van der Waals surface area (Å²) in [5.74, 6) is 1.04. The number of hydrogen-bond donors (Lipinski definition) is 2. The Kier molecular flexibility index (Phi) is 4.57. The molecule has 2 saturated heterocycles. The van der Waals surface area contributed by atoms with Crippen LogP contribution in [0.5, 0.6) is 0 Å². The molecule has 148 valence electrons. The van der Waals surface area contributed by atoms with Crippen molar-refractivity contribution in [1.82, 2.24) is 19.8 Å². The fourth-order valence-electron chi connectivity index (χ4n) is 5.20. The van der Waals surface area contributed by atoms with Crippen molar-refractivity contribution < 1.29 is 5.11 Å². The Morgan fingerprint density at radius 2 is 2.07 bits per heavy atom. The number of nitrogens with one attached hydrogen (secondary N) is 1. The number of nitrogens with zero attached hydrogens (tertiary/aromatic N) is 3. The molecule has 0 amide bonds. The Hall–Kier alpha value is -2.02. The molecule has 0 saturated carbocycles. The lowest BCUT2D eigenvalue weighted by molar-refractivity contribution is -0.0280. The van der Waals surface area contributed by atoms with Gasteiger partial charge in [-0.3, -0.25) is 14.7 Å². The van der Waals surface area contributed by atoms with Gasteiger partial charge in [0.05, 0.1) is 5.60 Å². The van der Waals surface area contributed by atoms with E-state index in [0.29, 0.717) is 31.2 Å². The lowest BCUT2D eigenvalue weighted by atomic mass is 9.84. The molecule has 0 aliphatic carbocycles. The topological polar surface area (TPSA) is 70.4 Å². The number of rotatable bonds is 3. The quantitative estimate of drug-likeness (QED) is 0.843. The second-order valence-electron chi connectivity index (χ2n) is 8.71. The number of hydrogen-bond acceptors (Lipinski definition) is 5. The van der Waals surface area contributed by atoms with Gasteiger partial charge in [-0.05, 0) is 43.9 Å². The number of aliphatic hydroxyl groups is 1. The van der Waals surface area contributed by atoms with E-state index in [1.807, 2.05) is 22.8 Å². The van der Waals surface area contributed by atoms with Crippen molar-refractivity contribution in [1.29, 1.82) is 0 Å². The van der Waals surface area contributed by atoms with Crippen molar-refractivity contribution >= 4 is 0 Å². The first-order chi connectivity index (χ1) is 13.6. The van der Waals surface area contributed by atoms with Gasteiger partial charge in [-0.25, -0.2) is 0 Å². The van der Waals surface area contributed by atoms with E-state index in [9.17, 15) is 9.90 Å². The van der Waals surface area contributed by atoms with Crippen LogP contribution < -0.4 is 10.9 Å². The maximum atomic E-state index is 13.1. The minimum atomic E-state index is -0.805. The average Bonchev–Trinajstić information content (AvgIpc) is 2.73. The third-order valence-corrected chi connectivity index (χ3v) is 6.86. The average molecular weight is 380 g/mol. The van der Waals surface area contributed by atoms with E-state index in [0.717, 1.165) is 43.9 Å². The lowest BCUT2D eigenvalue weighted by Gasteiger charge is -2.39. The first kappa shape index (κ1) is 18.0. The van der Waals surface area contributed by atoms with E-state index in [1.54, 1.807) is 12.4 Å². The Bertz CT molecular complexity index is 902. The van der Waals surface area contributed by atoms with Crippen LogP contribution in [0.3, 0.4) is 0 Å². The molecule has 2 aromatic rings. The van der Waals surface area contributed by atoms with Gasteiger partial charge in [-0.1, -0.05) is 12.1 Å². The van der Waals surface area contributed by atoms with Crippen molar-refractivity contribution in [3.8, 4) is 0 Å². The zero-order valence-electron chi connectivity index (χ0n) is 16.2. The molecule has 3 aliphatic heterocycles. The van der Waals surface area contributed by atoms with Gasteiger partial charge in [-0.15, -0.1) is 0 Å². The van der Waals surface area contributed by atoms with Gasteiger partial charge in [0.15, 0.2) is 0 Å². The first-order valence-electron chi connectivity index (χ1n) is 10.4. The van der Waals surface area contributed by atoms with Crippen molar-refractivity contribution in [3.63, 3.8) is 0 Å². The molecule has 28 heavy (non-hydrogen) atoms. The highest BCUT2D eigenvalue weighted by atomic mass is 16.3. The summed E-state index contributed by atoms with van der Waals surface area (Å²) in [5.41, 5.74) is 2.34. The molecule has 5 heterocycles. The van der Waals surface area contributed by atoms with Gasteiger partial charge in [0.2, 0.25) is 0 Å². The highest BCUT2D eigenvalue weighted by Crippen LogP contribution is 2.34. The summed E-state index contributed by atoms with van der Waals surface area (Å²) in [7, 11) is 0. The molecule has 5 rings (SSSR count). The molecule has 2 N–H and O–H groups in total. The summed E-state index contributed by atoms with van der Waals surface area (Å²) in [5, 5.41) is 14.5. The van der Waals surface area contributed by atoms with E-state index in [2.05, 4.69) is 21.3 Å². The van der Waals surface area contributed by atoms with Crippen LogP contribution in [0.2, 0.25) is 0 Å². The second kappa shape index (κ2) is 7.10. The van der Waals surface area contributed by atoms with Gasteiger partial charge in [0.25, 0.3) is 5.56 Å². The molecule has 0 unspecified atom stereocenters. The van der Waals surface area contributed by atoms with Crippen LogP contribution in [-0.2, 0) is 18.7 Å². The summed E-state index contributed by atoms with van der Waals surface area (Å²) in [6.07, 6.45) is 6.03. The van der Waals surface area contributed by atoms with Gasteiger partial charge < -0.3 is 15.0 Å². The van der Waals surface area contributed by atoms with Gasteiger partial charge in [0.1, 0.15) is 0 Å². The SMILES string of the molecule is O=c1c(CN2CCC(O)(c3cccnc3)CC2)ccc2n1C[C@@H]1CNC[C@H]2C1. The molecule has 6 heteroatoms. The number of pyridine rings is 2. The Morgan fingerprint density at radius 1 is 1.21 bits per heavy atom. The van der Waals surface area contributed by atoms with E-state index in [1.165, 1.54) is 12.1 Å². The Balaban J connectivity index is 1.30. The highest BCUT2D eigenvalue weighted by molar-refractivity contribution is 5.23.